The molecule has 2 rings (SSSR count). The van der Waals surface area contributed by atoms with Gasteiger partial charge in [0, 0.05) is 20.1 Å². The van der Waals surface area contributed by atoms with Crippen LogP contribution in [0.15, 0.2) is 18.2 Å². The maximum Gasteiger partial charge on any atom is 0.225 e. The number of para-hydroxylation sites is 1. The van der Waals surface area contributed by atoms with Crippen molar-refractivity contribution in [3.63, 3.8) is 0 Å². The van der Waals surface area contributed by atoms with Gasteiger partial charge in [0.2, 0.25) is 5.91 Å². The molecule has 1 aromatic carbocycles. The zero-order valence-electron chi connectivity index (χ0n) is 15.1. The lowest BCUT2D eigenvalue weighted by Gasteiger charge is -2.33. The summed E-state index contributed by atoms with van der Waals surface area (Å²) in [7, 11) is 3.39. The molecule has 1 amide bonds. The van der Waals surface area contributed by atoms with Crippen LogP contribution >= 0.6 is 0 Å². The molecule has 0 unspecified atom stereocenters. The summed E-state index contributed by atoms with van der Waals surface area (Å²) in [6, 6.07) is 6.06. The quantitative estimate of drug-likeness (QED) is 0.867. The number of aliphatic hydroxyl groups is 1. The minimum atomic E-state index is -0.461. The van der Waals surface area contributed by atoms with Crippen molar-refractivity contribution in [2.75, 3.05) is 27.3 Å². The third-order valence-electron chi connectivity index (χ3n) is 4.87. The van der Waals surface area contributed by atoms with Gasteiger partial charge in [-0.25, -0.2) is 0 Å². The van der Waals surface area contributed by atoms with Gasteiger partial charge in [0.15, 0.2) is 0 Å². The minimum absolute atomic E-state index is 0.0800. The molecule has 1 aromatic rings. The lowest BCUT2D eigenvalue weighted by Crippen LogP contribution is -2.43. The van der Waals surface area contributed by atoms with Crippen LogP contribution in [0.25, 0.3) is 0 Å². The van der Waals surface area contributed by atoms with Crippen molar-refractivity contribution in [1.82, 2.24) is 4.90 Å². The SMILES string of the molecule is CO[C@@H]1C[C@H](C(=O)N(C)CCOc2c(C)cccc2C)CC[C@@H]1O. The van der Waals surface area contributed by atoms with E-state index in [4.69, 9.17) is 9.47 Å². The molecule has 1 saturated carbocycles. The van der Waals surface area contributed by atoms with Gasteiger partial charge in [-0.3, -0.25) is 4.79 Å². The predicted molar refractivity (Wildman–Crippen MR) is 93.2 cm³/mol. The Hall–Kier alpha value is -1.59. The molecule has 0 bridgehead atoms. The van der Waals surface area contributed by atoms with Crippen molar-refractivity contribution in [2.24, 2.45) is 5.92 Å². The van der Waals surface area contributed by atoms with Crippen LogP contribution in [0.5, 0.6) is 5.75 Å². The predicted octanol–water partition coefficient (Wildman–Crippen LogP) is 2.32. The summed E-state index contributed by atoms with van der Waals surface area (Å²) in [6.07, 6.45) is 1.20. The number of hydrogen-bond acceptors (Lipinski definition) is 4. The molecule has 0 saturated heterocycles. The molecule has 5 nitrogen and oxygen atoms in total. The highest BCUT2D eigenvalue weighted by atomic mass is 16.5. The average molecular weight is 335 g/mol. The molecule has 0 aliphatic heterocycles. The number of methoxy groups -OCH3 is 1. The zero-order chi connectivity index (χ0) is 17.7. The summed E-state index contributed by atoms with van der Waals surface area (Å²) in [4.78, 5) is 14.3. The highest BCUT2D eigenvalue weighted by Gasteiger charge is 2.34. The fourth-order valence-corrected chi connectivity index (χ4v) is 3.32. The van der Waals surface area contributed by atoms with Crippen molar-refractivity contribution in [2.45, 2.75) is 45.3 Å². The van der Waals surface area contributed by atoms with Gasteiger partial charge in [0.25, 0.3) is 0 Å². The van der Waals surface area contributed by atoms with Gasteiger partial charge in [-0.2, -0.15) is 0 Å². The summed E-state index contributed by atoms with van der Waals surface area (Å²) in [5.74, 6) is 0.927. The van der Waals surface area contributed by atoms with E-state index >= 15 is 0 Å². The van der Waals surface area contributed by atoms with E-state index in [2.05, 4.69) is 0 Å². The van der Waals surface area contributed by atoms with Crippen molar-refractivity contribution in [3.05, 3.63) is 29.3 Å². The van der Waals surface area contributed by atoms with Crippen molar-refractivity contribution in [3.8, 4) is 5.75 Å². The van der Waals surface area contributed by atoms with Gasteiger partial charge < -0.3 is 19.5 Å². The smallest absolute Gasteiger partial charge is 0.225 e. The number of benzene rings is 1. The fourth-order valence-electron chi connectivity index (χ4n) is 3.32. The summed E-state index contributed by atoms with van der Waals surface area (Å²) < 4.78 is 11.2. The number of carbonyl (C=O) groups is 1. The van der Waals surface area contributed by atoms with Crippen LogP contribution in [-0.4, -0.2) is 55.4 Å². The molecule has 134 valence electrons. The van der Waals surface area contributed by atoms with Crippen LogP contribution in [0.2, 0.25) is 0 Å². The summed E-state index contributed by atoms with van der Waals surface area (Å²) in [5.41, 5.74) is 2.21. The standard InChI is InChI=1S/C19H29NO4/c1-13-6-5-7-14(2)18(13)24-11-10-20(3)19(22)15-8-9-16(21)17(12-15)23-4/h5-7,15-17,21H,8-12H2,1-4H3/t15-,16+,17-/m1/s1. The van der Waals surface area contributed by atoms with E-state index in [-0.39, 0.29) is 17.9 Å². The highest BCUT2D eigenvalue weighted by molar-refractivity contribution is 5.78. The second-order valence-electron chi connectivity index (χ2n) is 6.68. The molecular formula is C19H29NO4. The highest BCUT2D eigenvalue weighted by Crippen LogP contribution is 2.28. The molecule has 5 heteroatoms. The van der Waals surface area contributed by atoms with E-state index in [0.29, 0.717) is 32.4 Å². The van der Waals surface area contributed by atoms with E-state index in [1.165, 1.54) is 0 Å². The van der Waals surface area contributed by atoms with E-state index in [1.54, 1.807) is 12.0 Å². The number of nitrogens with zero attached hydrogens (tertiary/aromatic N) is 1. The Kier molecular flexibility index (Phi) is 6.63. The number of aryl methyl sites for hydroxylation is 2. The molecule has 1 aliphatic carbocycles. The van der Waals surface area contributed by atoms with Gasteiger partial charge in [-0.1, -0.05) is 18.2 Å². The van der Waals surface area contributed by atoms with Crippen LogP contribution in [0.3, 0.4) is 0 Å². The van der Waals surface area contributed by atoms with E-state index in [0.717, 1.165) is 16.9 Å². The summed E-state index contributed by atoms with van der Waals surface area (Å²) >= 11 is 0. The monoisotopic (exact) mass is 335 g/mol. The molecule has 1 N–H and O–H groups in total. The van der Waals surface area contributed by atoms with E-state index in [1.807, 2.05) is 39.1 Å². The molecular weight excluding hydrogens is 306 g/mol. The molecule has 0 heterocycles. The number of hydrogen-bond donors (Lipinski definition) is 1. The molecule has 1 fully saturated rings. The Bertz CT molecular complexity index is 540. The van der Waals surface area contributed by atoms with E-state index in [9.17, 15) is 9.90 Å². The normalized spacial score (nSPS) is 23.8. The second kappa shape index (κ2) is 8.49. The fraction of sp³-hybridized carbons (Fsp3) is 0.632. The Morgan fingerprint density at radius 1 is 1.29 bits per heavy atom. The first-order valence-electron chi connectivity index (χ1n) is 8.59. The maximum atomic E-state index is 12.6. The topological polar surface area (TPSA) is 59.0 Å². The van der Waals surface area contributed by atoms with Crippen molar-refractivity contribution < 1.29 is 19.4 Å². The second-order valence-corrected chi connectivity index (χ2v) is 6.68. The molecule has 1 aliphatic rings. The Morgan fingerprint density at radius 3 is 2.58 bits per heavy atom. The third-order valence-corrected chi connectivity index (χ3v) is 4.87. The van der Waals surface area contributed by atoms with Crippen molar-refractivity contribution in [1.29, 1.82) is 0 Å². The molecule has 3 atom stereocenters. The van der Waals surface area contributed by atoms with Crippen molar-refractivity contribution >= 4 is 5.91 Å². The van der Waals surface area contributed by atoms with E-state index < -0.39 is 6.10 Å². The van der Waals surface area contributed by atoms with Crippen LogP contribution in [0, 0.1) is 19.8 Å². The summed E-state index contributed by atoms with van der Waals surface area (Å²) in [6.45, 7) is 5.06. The Morgan fingerprint density at radius 2 is 1.96 bits per heavy atom. The minimum Gasteiger partial charge on any atom is -0.491 e. The lowest BCUT2D eigenvalue weighted by molar-refractivity contribution is -0.139. The first-order chi connectivity index (χ1) is 11.4. The number of carbonyl (C=O) groups excluding carboxylic acids is 1. The number of likely N-dealkylation sites (N-methyl/N-ethyl adjacent to an activating group) is 1. The number of amides is 1. The van der Waals surface area contributed by atoms with Crippen LogP contribution in [0.1, 0.15) is 30.4 Å². The zero-order valence-corrected chi connectivity index (χ0v) is 15.1. The molecule has 24 heavy (non-hydrogen) atoms. The lowest BCUT2D eigenvalue weighted by atomic mass is 9.84. The largest absolute Gasteiger partial charge is 0.491 e. The summed E-state index contributed by atoms with van der Waals surface area (Å²) in [5, 5.41) is 9.86. The first-order valence-corrected chi connectivity index (χ1v) is 8.59. The Balaban J connectivity index is 1.84. The molecule has 0 spiro atoms. The van der Waals surface area contributed by atoms with Gasteiger partial charge in [0.05, 0.1) is 18.8 Å². The molecule has 0 aromatic heterocycles. The number of rotatable bonds is 6. The van der Waals surface area contributed by atoms with Gasteiger partial charge in [-0.15, -0.1) is 0 Å². The van der Waals surface area contributed by atoms with Gasteiger partial charge in [-0.05, 0) is 44.2 Å². The number of ether oxygens (including phenoxy) is 2. The average Bonchev–Trinajstić information content (AvgIpc) is 2.57. The van der Waals surface area contributed by atoms with Crippen LogP contribution in [0.4, 0.5) is 0 Å². The first kappa shape index (κ1) is 18.7. The maximum absolute atomic E-state index is 12.6. The Labute approximate surface area is 144 Å². The number of aliphatic hydroxyl groups excluding tert-OH is 1. The molecule has 0 radical (unpaired) electrons. The third kappa shape index (κ3) is 4.48. The van der Waals surface area contributed by atoms with Gasteiger partial charge in [0.1, 0.15) is 12.4 Å². The van der Waals surface area contributed by atoms with Gasteiger partial charge >= 0.3 is 0 Å². The van der Waals surface area contributed by atoms with Crippen LogP contribution in [-0.2, 0) is 9.53 Å². The van der Waals surface area contributed by atoms with Crippen LogP contribution < -0.4 is 4.74 Å².